The number of hydrogen-bond donors (Lipinski definition) is 1. The van der Waals surface area contributed by atoms with Gasteiger partial charge >= 0.3 is 0 Å². The molecular formula is C13H20N4O. The average molecular weight is 248 g/mol. The topological polar surface area (TPSA) is 50.3 Å². The van der Waals surface area contributed by atoms with Crippen LogP contribution in [0.2, 0.25) is 0 Å². The lowest BCUT2D eigenvalue weighted by molar-refractivity contribution is -0.0723. The fraction of sp³-hybridized carbons (Fsp3) is 0.692. The molecule has 5 nitrogen and oxygen atoms in total. The molecule has 18 heavy (non-hydrogen) atoms. The summed E-state index contributed by atoms with van der Waals surface area (Å²) in [7, 11) is 2.16. The molecule has 0 saturated carbocycles. The molecule has 3 rings (SSSR count). The van der Waals surface area contributed by atoms with E-state index in [9.17, 15) is 0 Å². The molecule has 1 spiro atoms. The van der Waals surface area contributed by atoms with Crippen LogP contribution in [0, 0.1) is 0 Å². The molecular weight excluding hydrogens is 228 g/mol. The second-order valence-corrected chi connectivity index (χ2v) is 5.43. The van der Waals surface area contributed by atoms with Crippen LogP contribution < -0.4 is 5.32 Å². The molecule has 1 aromatic heterocycles. The third-order valence-corrected chi connectivity index (χ3v) is 3.90. The molecule has 0 bridgehead atoms. The lowest BCUT2D eigenvalue weighted by atomic mass is 9.89. The maximum absolute atomic E-state index is 6.04. The summed E-state index contributed by atoms with van der Waals surface area (Å²) in [5, 5.41) is 3.43. The van der Waals surface area contributed by atoms with Crippen LogP contribution in [0.5, 0.6) is 0 Å². The van der Waals surface area contributed by atoms with E-state index < -0.39 is 0 Å². The van der Waals surface area contributed by atoms with Crippen molar-refractivity contribution in [3.8, 4) is 0 Å². The van der Waals surface area contributed by atoms with E-state index in [1.165, 1.54) is 0 Å². The molecule has 5 heteroatoms. The van der Waals surface area contributed by atoms with Gasteiger partial charge in [0.25, 0.3) is 0 Å². The third-order valence-electron chi connectivity index (χ3n) is 3.90. The summed E-state index contributed by atoms with van der Waals surface area (Å²) < 4.78 is 6.04. The smallest absolute Gasteiger partial charge is 0.222 e. The van der Waals surface area contributed by atoms with E-state index in [2.05, 4.69) is 27.2 Å². The van der Waals surface area contributed by atoms with Crippen LogP contribution in [0.1, 0.15) is 19.3 Å². The summed E-state index contributed by atoms with van der Waals surface area (Å²) in [5.74, 6) is 0.728. The fourth-order valence-corrected chi connectivity index (χ4v) is 3.04. The Kier molecular flexibility index (Phi) is 3.18. The number of nitrogens with one attached hydrogen (secondary N) is 1. The number of rotatable bonds is 2. The third kappa shape index (κ3) is 2.47. The minimum Gasteiger partial charge on any atom is -0.373 e. The number of likely N-dealkylation sites (N-methyl/N-ethyl adjacent to an activating group) is 1. The molecule has 98 valence electrons. The van der Waals surface area contributed by atoms with Gasteiger partial charge in [-0.1, -0.05) is 0 Å². The number of anilines is 1. The van der Waals surface area contributed by atoms with Gasteiger partial charge < -0.3 is 15.0 Å². The van der Waals surface area contributed by atoms with Crippen molar-refractivity contribution in [3.63, 3.8) is 0 Å². The highest BCUT2D eigenvalue weighted by atomic mass is 16.5. The Morgan fingerprint density at radius 1 is 1.44 bits per heavy atom. The van der Waals surface area contributed by atoms with Crippen LogP contribution in [0.25, 0.3) is 0 Å². The molecule has 0 aliphatic carbocycles. The molecule has 2 aliphatic heterocycles. The highest BCUT2D eigenvalue weighted by Crippen LogP contribution is 2.34. The Bertz CT molecular complexity index is 395. The molecule has 2 aliphatic rings. The van der Waals surface area contributed by atoms with Gasteiger partial charge in [-0.05, 0) is 32.4 Å². The zero-order chi connectivity index (χ0) is 12.4. The number of hydrogen-bond acceptors (Lipinski definition) is 5. The van der Waals surface area contributed by atoms with Gasteiger partial charge in [-0.15, -0.1) is 0 Å². The fourth-order valence-electron chi connectivity index (χ4n) is 3.04. The summed E-state index contributed by atoms with van der Waals surface area (Å²) in [5.41, 5.74) is 0.0550. The standard InChI is InChI=1S/C13H20N4O/c1-17-7-4-13(10-17)9-11(3-8-18-13)16-12-14-5-2-6-15-12/h2,5-6,11H,3-4,7-10H2,1H3,(H,14,15,16)/t11-,13+/m1/s1. The summed E-state index contributed by atoms with van der Waals surface area (Å²) in [6.45, 7) is 3.01. The Morgan fingerprint density at radius 2 is 2.28 bits per heavy atom. The molecule has 1 N–H and O–H groups in total. The number of likely N-dealkylation sites (tertiary alicyclic amines) is 1. The summed E-state index contributed by atoms with van der Waals surface area (Å²) in [6.07, 6.45) is 6.76. The molecule has 0 unspecified atom stereocenters. The van der Waals surface area contributed by atoms with Crippen molar-refractivity contribution in [2.75, 3.05) is 32.1 Å². The van der Waals surface area contributed by atoms with Crippen LogP contribution in [0.15, 0.2) is 18.5 Å². The Hall–Kier alpha value is -1.20. The molecule has 0 radical (unpaired) electrons. The van der Waals surface area contributed by atoms with Crippen molar-refractivity contribution in [1.82, 2.24) is 14.9 Å². The second kappa shape index (κ2) is 4.82. The Morgan fingerprint density at radius 3 is 3.00 bits per heavy atom. The van der Waals surface area contributed by atoms with Crippen LogP contribution in [-0.4, -0.2) is 53.3 Å². The average Bonchev–Trinajstić information content (AvgIpc) is 2.72. The largest absolute Gasteiger partial charge is 0.373 e. The SMILES string of the molecule is CN1CC[C@]2(C[C@H](Nc3ncccn3)CCO2)C1. The second-order valence-electron chi connectivity index (χ2n) is 5.43. The van der Waals surface area contributed by atoms with Crippen molar-refractivity contribution in [1.29, 1.82) is 0 Å². The quantitative estimate of drug-likeness (QED) is 0.850. The predicted octanol–water partition coefficient (Wildman–Crippen LogP) is 1.14. The van der Waals surface area contributed by atoms with E-state index in [0.717, 1.165) is 44.9 Å². The molecule has 0 amide bonds. The minimum atomic E-state index is 0.0550. The summed E-state index contributed by atoms with van der Waals surface area (Å²) >= 11 is 0. The van der Waals surface area contributed by atoms with E-state index in [1.54, 1.807) is 12.4 Å². The first-order valence-electron chi connectivity index (χ1n) is 6.62. The van der Waals surface area contributed by atoms with Crippen LogP contribution in [0.3, 0.4) is 0 Å². The van der Waals surface area contributed by atoms with Crippen molar-refractivity contribution < 1.29 is 4.74 Å². The number of nitrogens with zero attached hydrogens (tertiary/aromatic N) is 3. The first-order chi connectivity index (χ1) is 8.76. The first kappa shape index (κ1) is 11.9. The highest BCUT2D eigenvalue weighted by Gasteiger charge is 2.42. The zero-order valence-electron chi connectivity index (χ0n) is 10.8. The van der Waals surface area contributed by atoms with Crippen LogP contribution in [-0.2, 0) is 4.74 Å². The lowest BCUT2D eigenvalue weighted by Gasteiger charge is -2.38. The minimum absolute atomic E-state index is 0.0550. The normalized spacial score (nSPS) is 32.8. The van der Waals surface area contributed by atoms with Crippen LogP contribution >= 0.6 is 0 Å². The maximum Gasteiger partial charge on any atom is 0.222 e. The maximum atomic E-state index is 6.04. The van der Waals surface area contributed by atoms with Gasteiger partial charge in [0.2, 0.25) is 5.95 Å². The molecule has 2 fully saturated rings. The monoisotopic (exact) mass is 248 g/mol. The summed E-state index contributed by atoms with van der Waals surface area (Å²) in [6, 6.07) is 2.26. The van der Waals surface area contributed by atoms with Gasteiger partial charge in [0, 0.05) is 38.1 Å². The van der Waals surface area contributed by atoms with Crippen molar-refractivity contribution >= 4 is 5.95 Å². The molecule has 2 atom stereocenters. The first-order valence-corrected chi connectivity index (χ1v) is 6.62. The molecule has 2 saturated heterocycles. The van der Waals surface area contributed by atoms with E-state index in [1.807, 2.05) is 6.07 Å². The predicted molar refractivity (Wildman–Crippen MR) is 69.5 cm³/mol. The van der Waals surface area contributed by atoms with Gasteiger partial charge in [0.15, 0.2) is 0 Å². The van der Waals surface area contributed by atoms with Crippen LogP contribution in [0.4, 0.5) is 5.95 Å². The van der Waals surface area contributed by atoms with Crippen molar-refractivity contribution in [2.45, 2.75) is 30.9 Å². The molecule has 0 aromatic carbocycles. The van der Waals surface area contributed by atoms with Gasteiger partial charge in [-0.2, -0.15) is 0 Å². The molecule has 1 aromatic rings. The molecule has 3 heterocycles. The van der Waals surface area contributed by atoms with Crippen molar-refractivity contribution in [2.24, 2.45) is 0 Å². The number of aromatic nitrogens is 2. The van der Waals surface area contributed by atoms with E-state index >= 15 is 0 Å². The Balaban J connectivity index is 1.64. The number of ether oxygens (including phenoxy) is 1. The van der Waals surface area contributed by atoms with Gasteiger partial charge in [0.1, 0.15) is 0 Å². The van der Waals surface area contributed by atoms with Gasteiger partial charge in [-0.3, -0.25) is 0 Å². The summed E-state index contributed by atoms with van der Waals surface area (Å²) in [4.78, 5) is 10.8. The lowest BCUT2D eigenvalue weighted by Crippen LogP contribution is -2.46. The Labute approximate surface area is 108 Å². The van der Waals surface area contributed by atoms with E-state index in [-0.39, 0.29) is 5.60 Å². The zero-order valence-corrected chi connectivity index (χ0v) is 10.8. The van der Waals surface area contributed by atoms with E-state index in [4.69, 9.17) is 4.74 Å². The van der Waals surface area contributed by atoms with Gasteiger partial charge in [-0.25, -0.2) is 9.97 Å². The van der Waals surface area contributed by atoms with Crippen molar-refractivity contribution in [3.05, 3.63) is 18.5 Å². The highest BCUT2D eigenvalue weighted by molar-refractivity contribution is 5.25. The van der Waals surface area contributed by atoms with E-state index in [0.29, 0.717) is 6.04 Å². The van der Waals surface area contributed by atoms with Gasteiger partial charge in [0.05, 0.1) is 5.60 Å².